The highest BCUT2D eigenvalue weighted by atomic mass is 19.1. The van der Waals surface area contributed by atoms with Crippen molar-refractivity contribution in [2.75, 3.05) is 31.8 Å². The second-order valence-corrected chi connectivity index (χ2v) is 8.80. The van der Waals surface area contributed by atoms with Crippen molar-refractivity contribution >= 4 is 11.7 Å². The first-order valence-corrected chi connectivity index (χ1v) is 12.4. The van der Waals surface area contributed by atoms with Crippen LogP contribution in [0.15, 0.2) is 78.2 Å². The second kappa shape index (κ2) is 13.5. The lowest BCUT2D eigenvalue weighted by Crippen LogP contribution is -2.29. The van der Waals surface area contributed by atoms with Crippen LogP contribution in [0.3, 0.4) is 0 Å². The molecular formula is C30H36FNO4. The predicted molar refractivity (Wildman–Crippen MR) is 142 cm³/mol. The van der Waals surface area contributed by atoms with E-state index in [1.165, 1.54) is 23.3 Å². The predicted octanol–water partition coefficient (Wildman–Crippen LogP) is 6.73. The smallest absolute Gasteiger partial charge is 0.306 e. The molecule has 6 heteroatoms. The molecule has 0 saturated carbocycles. The number of halogens is 1. The lowest BCUT2D eigenvalue weighted by Gasteiger charge is -2.33. The van der Waals surface area contributed by atoms with E-state index in [4.69, 9.17) is 14.2 Å². The summed E-state index contributed by atoms with van der Waals surface area (Å²) >= 11 is 0. The summed E-state index contributed by atoms with van der Waals surface area (Å²) in [6.07, 6.45) is 5.34. The van der Waals surface area contributed by atoms with Gasteiger partial charge in [-0.2, -0.15) is 0 Å². The standard InChI is InChI=1S/C30H36FNO4/c1-5-24(14-17-29(33)35-6-2)27(31)19-22(3)21-36-28-11-7-9-25-10-8-18-32(30(25)28)20-23-12-15-26(34-4)16-13-23/h5,7,9,11-13,15-16,19H,1,6,8,10,14,17-18,20-21H2,2-4H3/b22-19+,27-24-. The number of rotatable bonds is 12. The van der Waals surface area contributed by atoms with Gasteiger partial charge in [0.25, 0.3) is 0 Å². The van der Waals surface area contributed by atoms with Crippen LogP contribution in [0.1, 0.15) is 44.2 Å². The van der Waals surface area contributed by atoms with Gasteiger partial charge in [0.1, 0.15) is 23.9 Å². The molecule has 2 aromatic carbocycles. The van der Waals surface area contributed by atoms with Gasteiger partial charge >= 0.3 is 5.97 Å². The molecule has 0 saturated heterocycles. The van der Waals surface area contributed by atoms with E-state index in [0.717, 1.165) is 48.7 Å². The number of nitrogens with zero attached hydrogens (tertiary/aromatic N) is 1. The second-order valence-electron chi connectivity index (χ2n) is 8.80. The minimum atomic E-state index is -0.411. The number of para-hydroxylation sites is 1. The Bertz CT molecular complexity index is 1100. The Morgan fingerprint density at radius 1 is 1.17 bits per heavy atom. The molecule has 2 aromatic rings. The van der Waals surface area contributed by atoms with Crippen molar-refractivity contribution in [2.24, 2.45) is 0 Å². The number of hydrogen-bond acceptors (Lipinski definition) is 5. The van der Waals surface area contributed by atoms with Crippen LogP contribution >= 0.6 is 0 Å². The van der Waals surface area contributed by atoms with Crippen molar-refractivity contribution in [3.8, 4) is 11.5 Å². The van der Waals surface area contributed by atoms with Gasteiger partial charge in [-0.15, -0.1) is 0 Å². The first-order chi connectivity index (χ1) is 17.4. The van der Waals surface area contributed by atoms with Crippen molar-refractivity contribution in [3.63, 3.8) is 0 Å². The summed E-state index contributed by atoms with van der Waals surface area (Å²) in [4.78, 5) is 14.0. The van der Waals surface area contributed by atoms with Crippen LogP contribution in [-0.2, 0) is 22.5 Å². The first-order valence-electron chi connectivity index (χ1n) is 12.4. The van der Waals surface area contributed by atoms with Gasteiger partial charge < -0.3 is 19.1 Å². The molecule has 0 N–H and O–H groups in total. The topological polar surface area (TPSA) is 48.0 Å². The molecule has 0 spiro atoms. The van der Waals surface area contributed by atoms with E-state index in [-0.39, 0.29) is 25.4 Å². The maximum Gasteiger partial charge on any atom is 0.306 e. The molecule has 192 valence electrons. The fourth-order valence-corrected chi connectivity index (χ4v) is 4.26. The molecule has 0 radical (unpaired) electrons. The minimum absolute atomic E-state index is 0.117. The van der Waals surface area contributed by atoms with Crippen LogP contribution < -0.4 is 14.4 Å². The molecule has 5 nitrogen and oxygen atoms in total. The highest BCUT2D eigenvalue weighted by Gasteiger charge is 2.21. The van der Waals surface area contributed by atoms with Crippen LogP contribution in [0.25, 0.3) is 0 Å². The third kappa shape index (κ3) is 7.48. The molecule has 0 unspecified atom stereocenters. The Balaban J connectivity index is 1.71. The fraction of sp³-hybridized carbons (Fsp3) is 0.367. The van der Waals surface area contributed by atoms with Crippen molar-refractivity contribution in [3.05, 3.63) is 89.3 Å². The summed E-state index contributed by atoms with van der Waals surface area (Å²) in [6, 6.07) is 14.2. The average Bonchev–Trinajstić information content (AvgIpc) is 2.88. The van der Waals surface area contributed by atoms with Crippen molar-refractivity contribution < 1.29 is 23.4 Å². The zero-order valence-corrected chi connectivity index (χ0v) is 21.5. The average molecular weight is 494 g/mol. The molecule has 36 heavy (non-hydrogen) atoms. The van der Waals surface area contributed by atoms with Crippen LogP contribution in [-0.4, -0.2) is 32.8 Å². The molecule has 0 fully saturated rings. The van der Waals surface area contributed by atoms with Gasteiger partial charge in [0.05, 0.1) is 19.4 Å². The zero-order valence-electron chi connectivity index (χ0n) is 21.5. The van der Waals surface area contributed by atoms with Gasteiger partial charge in [-0.3, -0.25) is 4.79 Å². The molecule has 1 aliphatic heterocycles. The number of allylic oxidation sites excluding steroid dienone is 4. The van der Waals surface area contributed by atoms with Gasteiger partial charge in [0, 0.05) is 19.5 Å². The molecule has 0 amide bonds. The fourth-order valence-electron chi connectivity index (χ4n) is 4.26. The van der Waals surface area contributed by atoms with E-state index in [1.807, 2.05) is 31.2 Å². The maximum absolute atomic E-state index is 14.8. The summed E-state index contributed by atoms with van der Waals surface area (Å²) in [5.74, 6) is 0.878. The summed E-state index contributed by atoms with van der Waals surface area (Å²) in [6.45, 7) is 9.53. The van der Waals surface area contributed by atoms with Gasteiger partial charge in [-0.25, -0.2) is 4.39 Å². The third-order valence-corrected chi connectivity index (χ3v) is 6.09. The number of anilines is 1. The van der Waals surface area contributed by atoms with Crippen molar-refractivity contribution in [2.45, 2.75) is 46.1 Å². The van der Waals surface area contributed by atoms with E-state index in [2.05, 4.69) is 29.7 Å². The molecule has 0 bridgehead atoms. The molecule has 0 aliphatic carbocycles. The van der Waals surface area contributed by atoms with E-state index < -0.39 is 5.83 Å². The lowest BCUT2D eigenvalue weighted by molar-refractivity contribution is -0.143. The number of methoxy groups -OCH3 is 1. The summed E-state index contributed by atoms with van der Waals surface area (Å²) in [5.41, 5.74) is 4.67. The number of carbonyl (C=O) groups excluding carboxylic acids is 1. The highest BCUT2D eigenvalue weighted by Crippen LogP contribution is 2.37. The summed E-state index contributed by atoms with van der Waals surface area (Å²) < 4.78 is 31.2. The number of hydrogen-bond donors (Lipinski definition) is 0. The van der Waals surface area contributed by atoms with Gasteiger partial charge in [0.15, 0.2) is 0 Å². The number of aryl methyl sites for hydroxylation is 1. The highest BCUT2D eigenvalue weighted by molar-refractivity contribution is 5.69. The van der Waals surface area contributed by atoms with E-state index in [1.54, 1.807) is 14.0 Å². The lowest BCUT2D eigenvalue weighted by atomic mass is 10.00. The van der Waals surface area contributed by atoms with Crippen LogP contribution in [0.4, 0.5) is 10.1 Å². The number of ether oxygens (including phenoxy) is 3. The quantitative estimate of drug-likeness (QED) is 0.242. The third-order valence-electron chi connectivity index (χ3n) is 6.09. The van der Waals surface area contributed by atoms with Crippen LogP contribution in [0, 0.1) is 0 Å². The van der Waals surface area contributed by atoms with E-state index in [0.29, 0.717) is 12.2 Å². The maximum atomic E-state index is 14.8. The largest absolute Gasteiger partial charge is 0.497 e. The normalized spacial score (nSPS) is 14.0. The monoisotopic (exact) mass is 493 g/mol. The van der Waals surface area contributed by atoms with Crippen molar-refractivity contribution in [1.29, 1.82) is 0 Å². The molecule has 0 aromatic heterocycles. The SMILES string of the molecule is C=C/C(CCC(=O)OCC)=C(F)\C=C(/C)COc1cccc2c1N(Cc1ccc(OC)cc1)CCC2. The first kappa shape index (κ1) is 27.1. The van der Waals surface area contributed by atoms with Gasteiger partial charge in [-0.1, -0.05) is 36.9 Å². The zero-order chi connectivity index (χ0) is 25.9. The number of benzene rings is 2. The van der Waals surface area contributed by atoms with Gasteiger partial charge in [-0.05, 0) is 79.7 Å². The van der Waals surface area contributed by atoms with Crippen LogP contribution in [0.5, 0.6) is 11.5 Å². The van der Waals surface area contributed by atoms with Crippen LogP contribution in [0.2, 0.25) is 0 Å². The molecule has 1 heterocycles. The Hall–Kier alpha value is -3.54. The summed E-state index contributed by atoms with van der Waals surface area (Å²) in [7, 11) is 1.67. The number of fused-ring (bicyclic) bond motifs is 1. The number of carbonyl (C=O) groups is 1. The van der Waals surface area contributed by atoms with Gasteiger partial charge in [0.2, 0.25) is 0 Å². The molecule has 3 rings (SSSR count). The molecule has 1 aliphatic rings. The molecule has 0 atom stereocenters. The number of esters is 1. The molecular weight excluding hydrogens is 457 g/mol. The van der Waals surface area contributed by atoms with Crippen molar-refractivity contribution in [1.82, 2.24) is 0 Å². The Kier molecular flexibility index (Phi) is 10.2. The Morgan fingerprint density at radius 3 is 2.64 bits per heavy atom. The Labute approximate surface area is 213 Å². The minimum Gasteiger partial charge on any atom is -0.497 e. The Morgan fingerprint density at radius 2 is 1.94 bits per heavy atom. The van der Waals surface area contributed by atoms with E-state index >= 15 is 0 Å². The van der Waals surface area contributed by atoms with E-state index in [9.17, 15) is 9.18 Å². The summed E-state index contributed by atoms with van der Waals surface area (Å²) in [5, 5.41) is 0.